The average molecular weight is 293 g/mol. The molecule has 0 spiro atoms. The number of hydrogen-bond donors (Lipinski definition) is 1. The lowest BCUT2D eigenvalue weighted by Crippen LogP contribution is -2.22. The number of fused-ring (bicyclic) bond motifs is 1. The van der Waals surface area contributed by atoms with Crippen LogP contribution in [0.25, 0.3) is 17.0 Å². The van der Waals surface area contributed by atoms with Crippen molar-refractivity contribution in [2.75, 3.05) is 5.32 Å². The molecule has 0 radical (unpaired) electrons. The molecule has 0 unspecified atom stereocenters. The molecule has 1 aliphatic carbocycles. The van der Waals surface area contributed by atoms with Crippen molar-refractivity contribution in [3.8, 4) is 11.4 Å². The van der Waals surface area contributed by atoms with E-state index in [2.05, 4.69) is 15.3 Å². The molecule has 1 fully saturated rings. The van der Waals surface area contributed by atoms with E-state index in [1.54, 1.807) is 12.4 Å². The Bertz CT molecular complexity index is 773. The summed E-state index contributed by atoms with van der Waals surface area (Å²) in [5.74, 6) is 0.857. The van der Waals surface area contributed by atoms with E-state index in [4.69, 9.17) is 4.98 Å². The Balaban J connectivity index is 1.63. The van der Waals surface area contributed by atoms with Gasteiger partial charge in [-0.1, -0.05) is 25.3 Å². The summed E-state index contributed by atoms with van der Waals surface area (Å²) in [6, 6.07) is 6.50. The predicted molar refractivity (Wildman–Crippen MR) is 86.7 cm³/mol. The molecule has 5 nitrogen and oxygen atoms in total. The second-order valence-electron chi connectivity index (χ2n) is 5.84. The number of pyridine rings is 1. The molecule has 5 heteroatoms. The molecule has 22 heavy (non-hydrogen) atoms. The van der Waals surface area contributed by atoms with Crippen LogP contribution in [0.1, 0.15) is 32.1 Å². The van der Waals surface area contributed by atoms with Crippen LogP contribution in [-0.2, 0) is 0 Å². The van der Waals surface area contributed by atoms with E-state index >= 15 is 0 Å². The smallest absolute Gasteiger partial charge is 0.145 e. The van der Waals surface area contributed by atoms with Crippen molar-refractivity contribution in [1.29, 1.82) is 0 Å². The zero-order chi connectivity index (χ0) is 14.8. The Hall–Kier alpha value is -2.43. The van der Waals surface area contributed by atoms with E-state index in [0.717, 1.165) is 22.9 Å². The van der Waals surface area contributed by atoms with Crippen molar-refractivity contribution in [3.63, 3.8) is 0 Å². The zero-order valence-electron chi connectivity index (χ0n) is 12.4. The number of hydrogen-bond acceptors (Lipinski definition) is 4. The summed E-state index contributed by atoms with van der Waals surface area (Å²) < 4.78 is 2.04. The van der Waals surface area contributed by atoms with E-state index in [0.29, 0.717) is 6.04 Å². The Morgan fingerprint density at radius 3 is 2.86 bits per heavy atom. The van der Waals surface area contributed by atoms with Gasteiger partial charge < -0.3 is 5.32 Å². The summed E-state index contributed by atoms with van der Waals surface area (Å²) in [6.07, 6.45) is 13.9. The van der Waals surface area contributed by atoms with Crippen LogP contribution in [0.15, 0.2) is 43.0 Å². The van der Waals surface area contributed by atoms with E-state index in [1.807, 2.05) is 35.0 Å². The largest absolute Gasteiger partial charge is 0.366 e. The third-order valence-corrected chi connectivity index (χ3v) is 4.27. The summed E-state index contributed by atoms with van der Waals surface area (Å²) in [6.45, 7) is 0. The topological polar surface area (TPSA) is 55.1 Å². The molecule has 3 aromatic heterocycles. The molecule has 1 N–H and O–H groups in total. The summed E-state index contributed by atoms with van der Waals surface area (Å²) >= 11 is 0. The maximum Gasteiger partial charge on any atom is 0.145 e. The normalized spacial score (nSPS) is 16.0. The van der Waals surface area contributed by atoms with E-state index in [1.165, 1.54) is 32.1 Å². The Labute approximate surface area is 129 Å². The molecule has 0 aliphatic heterocycles. The van der Waals surface area contributed by atoms with Crippen LogP contribution in [0.5, 0.6) is 0 Å². The van der Waals surface area contributed by atoms with Gasteiger partial charge in [0.25, 0.3) is 0 Å². The van der Waals surface area contributed by atoms with Gasteiger partial charge in [0.1, 0.15) is 17.2 Å². The van der Waals surface area contributed by atoms with Crippen molar-refractivity contribution >= 4 is 11.5 Å². The van der Waals surface area contributed by atoms with Gasteiger partial charge >= 0.3 is 0 Å². The summed E-state index contributed by atoms with van der Waals surface area (Å²) in [5.41, 5.74) is 2.74. The predicted octanol–water partition coefficient (Wildman–Crippen LogP) is 3.54. The van der Waals surface area contributed by atoms with Crippen LogP contribution in [0.2, 0.25) is 0 Å². The molecule has 0 saturated heterocycles. The van der Waals surface area contributed by atoms with Crippen molar-refractivity contribution in [1.82, 2.24) is 19.4 Å². The van der Waals surface area contributed by atoms with Crippen LogP contribution >= 0.6 is 0 Å². The third-order valence-electron chi connectivity index (χ3n) is 4.27. The van der Waals surface area contributed by atoms with Crippen molar-refractivity contribution in [2.45, 2.75) is 38.1 Å². The van der Waals surface area contributed by atoms with Gasteiger partial charge in [0.05, 0.1) is 24.3 Å². The maximum absolute atomic E-state index is 4.73. The van der Waals surface area contributed by atoms with Crippen LogP contribution in [-0.4, -0.2) is 25.4 Å². The second-order valence-corrected chi connectivity index (χ2v) is 5.84. The first kappa shape index (κ1) is 13.2. The average Bonchev–Trinajstić information content (AvgIpc) is 3.00. The van der Waals surface area contributed by atoms with E-state index in [9.17, 15) is 0 Å². The maximum atomic E-state index is 4.73. The van der Waals surface area contributed by atoms with Gasteiger partial charge in [-0.15, -0.1) is 0 Å². The summed E-state index contributed by atoms with van der Waals surface area (Å²) in [7, 11) is 0. The molecular weight excluding hydrogens is 274 g/mol. The summed E-state index contributed by atoms with van der Waals surface area (Å²) in [4.78, 5) is 13.5. The molecule has 0 bridgehead atoms. The zero-order valence-corrected chi connectivity index (χ0v) is 12.4. The number of anilines is 1. The Morgan fingerprint density at radius 2 is 1.95 bits per heavy atom. The first-order valence-electron chi connectivity index (χ1n) is 7.91. The lowest BCUT2D eigenvalue weighted by Gasteiger charge is -2.23. The minimum Gasteiger partial charge on any atom is -0.366 e. The highest BCUT2D eigenvalue weighted by Crippen LogP contribution is 2.23. The molecule has 0 aromatic carbocycles. The van der Waals surface area contributed by atoms with Crippen LogP contribution in [0.4, 0.5) is 5.82 Å². The van der Waals surface area contributed by atoms with Gasteiger partial charge in [0.2, 0.25) is 0 Å². The van der Waals surface area contributed by atoms with Crippen LogP contribution in [0.3, 0.4) is 0 Å². The summed E-state index contributed by atoms with van der Waals surface area (Å²) in [5, 5.41) is 3.53. The quantitative estimate of drug-likeness (QED) is 0.802. The molecular formula is C17H19N5. The highest BCUT2D eigenvalue weighted by Gasteiger charge is 2.14. The fraction of sp³-hybridized carbons (Fsp3) is 0.353. The highest BCUT2D eigenvalue weighted by molar-refractivity contribution is 5.60. The molecule has 3 heterocycles. The molecule has 1 saturated carbocycles. The molecule has 0 amide bonds. The fourth-order valence-electron chi connectivity index (χ4n) is 3.14. The van der Waals surface area contributed by atoms with Gasteiger partial charge in [0, 0.05) is 12.2 Å². The molecule has 112 valence electrons. The van der Waals surface area contributed by atoms with E-state index < -0.39 is 0 Å². The monoisotopic (exact) mass is 293 g/mol. The second kappa shape index (κ2) is 5.75. The lowest BCUT2D eigenvalue weighted by molar-refractivity contribution is 0.462. The minimum atomic E-state index is 0.528. The molecule has 0 atom stereocenters. The molecule has 4 rings (SSSR count). The van der Waals surface area contributed by atoms with E-state index in [-0.39, 0.29) is 0 Å². The first-order chi connectivity index (χ1) is 10.9. The molecule has 1 aliphatic rings. The number of nitrogens with one attached hydrogen (secondary N) is 1. The van der Waals surface area contributed by atoms with Crippen LogP contribution < -0.4 is 5.32 Å². The number of imidazole rings is 1. The van der Waals surface area contributed by atoms with Gasteiger partial charge in [-0.25, -0.2) is 9.97 Å². The SMILES string of the molecule is c1ccn2c(-c3cncc(NC4CCCCC4)n3)cnc2c1. The Morgan fingerprint density at radius 1 is 1.05 bits per heavy atom. The van der Waals surface area contributed by atoms with Gasteiger partial charge in [-0.05, 0) is 25.0 Å². The number of nitrogens with zero attached hydrogens (tertiary/aromatic N) is 4. The fourth-order valence-corrected chi connectivity index (χ4v) is 3.14. The number of aromatic nitrogens is 4. The van der Waals surface area contributed by atoms with Gasteiger partial charge in [-0.2, -0.15) is 0 Å². The van der Waals surface area contributed by atoms with Gasteiger partial charge in [-0.3, -0.25) is 9.38 Å². The van der Waals surface area contributed by atoms with Crippen molar-refractivity contribution in [2.24, 2.45) is 0 Å². The lowest BCUT2D eigenvalue weighted by atomic mass is 9.95. The minimum absolute atomic E-state index is 0.528. The number of rotatable bonds is 3. The third kappa shape index (κ3) is 2.54. The van der Waals surface area contributed by atoms with Crippen molar-refractivity contribution < 1.29 is 0 Å². The Kier molecular flexibility index (Phi) is 3.46. The molecule has 3 aromatic rings. The van der Waals surface area contributed by atoms with Gasteiger partial charge in [0.15, 0.2) is 0 Å². The van der Waals surface area contributed by atoms with Crippen molar-refractivity contribution in [3.05, 3.63) is 43.0 Å². The van der Waals surface area contributed by atoms with Crippen LogP contribution in [0, 0.1) is 0 Å². The first-order valence-corrected chi connectivity index (χ1v) is 7.91. The standard InChI is InChI=1S/C17H19N5/c1-2-6-13(7-3-1)20-16-12-18-10-14(21-16)15-11-19-17-8-4-5-9-22(15)17/h4-5,8-13H,1-3,6-7H2,(H,20,21). The highest BCUT2D eigenvalue weighted by atomic mass is 15.1.